The highest BCUT2D eigenvalue weighted by Crippen LogP contribution is 2.37. The third-order valence-electron chi connectivity index (χ3n) is 4.80. The predicted octanol–water partition coefficient (Wildman–Crippen LogP) is 1.95. The van der Waals surface area contributed by atoms with Crippen LogP contribution in [0, 0.1) is 0 Å². The van der Waals surface area contributed by atoms with Gasteiger partial charge >= 0.3 is 0 Å². The van der Waals surface area contributed by atoms with E-state index in [1.165, 1.54) is 6.26 Å². The number of likely N-dealkylation sites (tertiary alicyclic amines) is 1. The number of carbonyl (C=O) groups is 1. The van der Waals surface area contributed by atoms with E-state index >= 15 is 0 Å². The van der Waals surface area contributed by atoms with Crippen LogP contribution in [0.25, 0.3) is 0 Å². The van der Waals surface area contributed by atoms with Crippen molar-refractivity contribution in [3.63, 3.8) is 0 Å². The second-order valence-electron chi connectivity index (χ2n) is 6.38. The van der Waals surface area contributed by atoms with Gasteiger partial charge in [-0.15, -0.1) is 0 Å². The number of hydrogen-bond donors (Lipinski definition) is 1. The molecule has 0 saturated carbocycles. The molecule has 4 heterocycles. The molecule has 0 radical (unpaired) electrons. The number of ether oxygens (including phenoxy) is 1. The molecule has 126 valence electrons. The third kappa shape index (κ3) is 2.99. The number of nitrogens with one attached hydrogen (secondary N) is 1. The molecule has 7 nitrogen and oxygen atoms in total. The zero-order chi connectivity index (χ0) is 16.4. The minimum Gasteiger partial charge on any atom is -0.459 e. The molecule has 0 aliphatic carbocycles. The SMILES string of the molecule is O=C(c1ccco1)N1CCC2(CC1)C[C@@H](Nc1ncccn1)CO2. The lowest BCUT2D eigenvalue weighted by molar-refractivity contribution is -0.0392. The average molecular weight is 328 g/mol. The number of furan rings is 1. The van der Waals surface area contributed by atoms with Crippen LogP contribution >= 0.6 is 0 Å². The maximum absolute atomic E-state index is 12.3. The normalized spacial score (nSPS) is 22.7. The van der Waals surface area contributed by atoms with Gasteiger partial charge in [0.2, 0.25) is 5.95 Å². The van der Waals surface area contributed by atoms with Crippen molar-refractivity contribution < 1.29 is 13.9 Å². The highest BCUT2D eigenvalue weighted by atomic mass is 16.5. The van der Waals surface area contributed by atoms with Crippen molar-refractivity contribution in [3.8, 4) is 0 Å². The lowest BCUT2D eigenvalue weighted by atomic mass is 9.87. The third-order valence-corrected chi connectivity index (χ3v) is 4.80. The van der Waals surface area contributed by atoms with Gasteiger partial charge < -0.3 is 19.4 Å². The van der Waals surface area contributed by atoms with E-state index < -0.39 is 0 Å². The molecule has 0 aromatic carbocycles. The number of nitrogens with zero attached hydrogens (tertiary/aromatic N) is 3. The summed E-state index contributed by atoms with van der Waals surface area (Å²) in [5.74, 6) is 0.993. The van der Waals surface area contributed by atoms with Crippen LogP contribution in [0.5, 0.6) is 0 Å². The quantitative estimate of drug-likeness (QED) is 0.927. The standard InChI is InChI=1S/C17H20N4O3/c22-15(14-3-1-10-23-14)21-8-4-17(5-9-21)11-13(12-24-17)20-16-18-6-2-7-19-16/h1-3,6-7,10,13H,4-5,8-9,11-12H2,(H,18,19,20)/t13-/m1/s1. The molecule has 24 heavy (non-hydrogen) atoms. The van der Waals surface area contributed by atoms with Crippen LogP contribution in [-0.2, 0) is 4.74 Å². The highest BCUT2D eigenvalue weighted by molar-refractivity contribution is 5.91. The first-order valence-corrected chi connectivity index (χ1v) is 8.24. The maximum atomic E-state index is 12.3. The van der Waals surface area contributed by atoms with Crippen LogP contribution in [0.3, 0.4) is 0 Å². The van der Waals surface area contributed by atoms with Crippen LogP contribution in [0.4, 0.5) is 5.95 Å². The van der Waals surface area contributed by atoms with Gasteiger partial charge in [-0.25, -0.2) is 9.97 Å². The molecule has 2 aliphatic rings. The average Bonchev–Trinajstić information content (AvgIpc) is 3.27. The Morgan fingerprint density at radius 1 is 1.25 bits per heavy atom. The van der Waals surface area contributed by atoms with Crippen LogP contribution in [0.1, 0.15) is 29.8 Å². The largest absolute Gasteiger partial charge is 0.459 e. The van der Waals surface area contributed by atoms with Crippen molar-refractivity contribution in [2.75, 3.05) is 25.0 Å². The van der Waals surface area contributed by atoms with Crippen molar-refractivity contribution in [2.45, 2.75) is 30.9 Å². The van der Waals surface area contributed by atoms with E-state index in [2.05, 4.69) is 15.3 Å². The van der Waals surface area contributed by atoms with Crippen molar-refractivity contribution in [2.24, 2.45) is 0 Å². The van der Waals surface area contributed by atoms with Gasteiger partial charge in [-0.3, -0.25) is 4.79 Å². The summed E-state index contributed by atoms with van der Waals surface area (Å²) in [5, 5.41) is 3.33. The van der Waals surface area contributed by atoms with Gasteiger partial charge in [0.15, 0.2) is 5.76 Å². The molecule has 2 aliphatic heterocycles. The number of hydrogen-bond acceptors (Lipinski definition) is 6. The molecule has 1 N–H and O–H groups in total. The smallest absolute Gasteiger partial charge is 0.289 e. The number of piperidine rings is 1. The van der Waals surface area contributed by atoms with Crippen molar-refractivity contribution in [3.05, 3.63) is 42.6 Å². The Balaban J connectivity index is 1.33. The molecule has 1 spiro atoms. The van der Waals surface area contributed by atoms with E-state index in [0.717, 1.165) is 19.3 Å². The Labute approximate surface area is 140 Å². The summed E-state index contributed by atoms with van der Waals surface area (Å²) < 4.78 is 11.3. The second kappa shape index (κ2) is 6.24. The number of aromatic nitrogens is 2. The molecule has 2 aromatic heterocycles. The summed E-state index contributed by atoms with van der Waals surface area (Å²) in [6, 6.07) is 5.45. The van der Waals surface area contributed by atoms with Gasteiger partial charge in [-0.05, 0) is 37.5 Å². The van der Waals surface area contributed by atoms with E-state index in [4.69, 9.17) is 9.15 Å². The van der Waals surface area contributed by atoms with Crippen LogP contribution < -0.4 is 5.32 Å². The first kappa shape index (κ1) is 15.1. The van der Waals surface area contributed by atoms with Crippen molar-refractivity contribution in [1.29, 1.82) is 0 Å². The molecule has 1 atom stereocenters. The van der Waals surface area contributed by atoms with E-state index in [9.17, 15) is 4.79 Å². The Morgan fingerprint density at radius 3 is 2.75 bits per heavy atom. The van der Waals surface area contributed by atoms with Gasteiger partial charge in [0, 0.05) is 25.5 Å². The minimum atomic E-state index is -0.146. The van der Waals surface area contributed by atoms with Crippen LogP contribution in [0.15, 0.2) is 41.3 Å². The van der Waals surface area contributed by atoms with Crippen LogP contribution in [-0.4, -0.2) is 52.1 Å². The number of rotatable bonds is 3. The Hall–Kier alpha value is -2.41. The lowest BCUT2D eigenvalue weighted by Crippen LogP contribution is -2.46. The van der Waals surface area contributed by atoms with Gasteiger partial charge in [-0.1, -0.05) is 0 Å². The van der Waals surface area contributed by atoms with E-state index in [-0.39, 0.29) is 17.6 Å². The summed E-state index contributed by atoms with van der Waals surface area (Å²) in [6.07, 6.45) is 7.56. The monoisotopic (exact) mass is 328 g/mol. The summed E-state index contributed by atoms with van der Waals surface area (Å²) in [6.45, 7) is 2.02. The molecule has 2 aromatic rings. The molecule has 0 bridgehead atoms. The molecular formula is C17H20N4O3. The fourth-order valence-electron chi connectivity index (χ4n) is 3.52. The van der Waals surface area contributed by atoms with Crippen molar-refractivity contribution in [1.82, 2.24) is 14.9 Å². The Kier molecular flexibility index (Phi) is 3.93. The fraction of sp³-hybridized carbons (Fsp3) is 0.471. The zero-order valence-corrected chi connectivity index (χ0v) is 13.4. The lowest BCUT2D eigenvalue weighted by Gasteiger charge is -2.38. The molecule has 7 heteroatoms. The molecule has 2 fully saturated rings. The summed E-state index contributed by atoms with van der Waals surface area (Å²) in [4.78, 5) is 22.6. The maximum Gasteiger partial charge on any atom is 0.289 e. The molecular weight excluding hydrogens is 308 g/mol. The fourth-order valence-corrected chi connectivity index (χ4v) is 3.52. The molecule has 4 rings (SSSR count). The highest BCUT2D eigenvalue weighted by Gasteiger charge is 2.43. The van der Waals surface area contributed by atoms with Crippen molar-refractivity contribution >= 4 is 11.9 Å². The number of anilines is 1. The number of amides is 1. The minimum absolute atomic E-state index is 0.0415. The molecule has 1 amide bonds. The van der Waals surface area contributed by atoms with Gasteiger partial charge in [0.05, 0.1) is 24.5 Å². The Bertz CT molecular complexity index is 681. The van der Waals surface area contributed by atoms with Gasteiger partial charge in [0.1, 0.15) is 0 Å². The van der Waals surface area contributed by atoms with E-state index in [1.807, 2.05) is 4.90 Å². The van der Waals surface area contributed by atoms with E-state index in [0.29, 0.717) is 31.4 Å². The topological polar surface area (TPSA) is 80.5 Å². The molecule has 2 saturated heterocycles. The summed E-state index contributed by atoms with van der Waals surface area (Å²) in [7, 11) is 0. The predicted molar refractivity (Wildman–Crippen MR) is 86.6 cm³/mol. The first-order chi connectivity index (χ1) is 11.7. The number of carbonyl (C=O) groups excluding carboxylic acids is 1. The summed E-state index contributed by atoms with van der Waals surface area (Å²) in [5.41, 5.74) is -0.146. The van der Waals surface area contributed by atoms with Gasteiger partial charge in [0.25, 0.3) is 5.91 Å². The first-order valence-electron chi connectivity index (χ1n) is 8.24. The summed E-state index contributed by atoms with van der Waals surface area (Å²) >= 11 is 0. The molecule has 0 unspecified atom stereocenters. The Morgan fingerprint density at radius 2 is 2.04 bits per heavy atom. The zero-order valence-electron chi connectivity index (χ0n) is 13.4. The second-order valence-corrected chi connectivity index (χ2v) is 6.38. The van der Waals surface area contributed by atoms with Gasteiger partial charge in [-0.2, -0.15) is 0 Å². The van der Waals surface area contributed by atoms with E-state index in [1.54, 1.807) is 30.6 Å². The van der Waals surface area contributed by atoms with Crippen LogP contribution in [0.2, 0.25) is 0 Å².